The standard InChI is InChI=1S/C20H23FN2O/c1-15(2)20(17-6-4-3-5-7-17)13-23(14-20)19(24)9-8-16-10-18(21)12-22-11-16/h3-7,10-12,15H,8-9,13-14H2,1-2H3. The van der Waals surface area contributed by atoms with Crippen molar-refractivity contribution < 1.29 is 9.18 Å². The second-order valence-electron chi connectivity index (χ2n) is 6.94. The van der Waals surface area contributed by atoms with Crippen LogP contribution in [0, 0.1) is 11.7 Å². The van der Waals surface area contributed by atoms with E-state index in [1.165, 1.54) is 17.8 Å². The highest BCUT2D eigenvalue weighted by Crippen LogP contribution is 2.41. The van der Waals surface area contributed by atoms with Gasteiger partial charge in [0.25, 0.3) is 0 Å². The van der Waals surface area contributed by atoms with Gasteiger partial charge in [0.1, 0.15) is 5.82 Å². The number of amides is 1. The number of aryl methyl sites for hydroxylation is 1. The molecular weight excluding hydrogens is 303 g/mol. The largest absolute Gasteiger partial charge is 0.341 e. The summed E-state index contributed by atoms with van der Waals surface area (Å²) in [5.41, 5.74) is 2.12. The predicted octanol–water partition coefficient (Wildman–Crippen LogP) is 3.59. The van der Waals surface area contributed by atoms with Crippen LogP contribution in [-0.4, -0.2) is 28.9 Å². The van der Waals surface area contributed by atoms with Crippen LogP contribution in [-0.2, 0) is 16.6 Å². The summed E-state index contributed by atoms with van der Waals surface area (Å²) < 4.78 is 13.1. The minimum atomic E-state index is -0.355. The fourth-order valence-corrected chi connectivity index (χ4v) is 3.46. The summed E-state index contributed by atoms with van der Waals surface area (Å²) in [6.45, 7) is 5.95. The van der Waals surface area contributed by atoms with Crippen molar-refractivity contribution in [2.75, 3.05) is 13.1 Å². The van der Waals surface area contributed by atoms with E-state index in [1.807, 2.05) is 11.0 Å². The molecule has 0 N–H and O–H groups in total. The number of halogens is 1. The van der Waals surface area contributed by atoms with Crippen molar-refractivity contribution >= 4 is 5.91 Å². The van der Waals surface area contributed by atoms with E-state index >= 15 is 0 Å². The van der Waals surface area contributed by atoms with E-state index in [-0.39, 0.29) is 17.1 Å². The Morgan fingerprint density at radius 3 is 2.58 bits per heavy atom. The van der Waals surface area contributed by atoms with Crippen molar-refractivity contribution in [2.45, 2.75) is 32.1 Å². The van der Waals surface area contributed by atoms with Gasteiger partial charge in [-0.05, 0) is 29.5 Å². The Morgan fingerprint density at radius 1 is 1.25 bits per heavy atom. The maximum absolute atomic E-state index is 13.1. The molecule has 0 radical (unpaired) electrons. The SMILES string of the molecule is CC(C)C1(c2ccccc2)CN(C(=O)CCc2cncc(F)c2)C1. The summed E-state index contributed by atoms with van der Waals surface area (Å²) in [6, 6.07) is 11.9. The Hall–Kier alpha value is -2.23. The molecule has 1 amide bonds. The molecule has 1 fully saturated rings. The van der Waals surface area contributed by atoms with Gasteiger partial charge in [0.15, 0.2) is 0 Å². The maximum atomic E-state index is 13.1. The van der Waals surface area contributed by atoms with Crippen molar-refractivity contribution in [3.05, 3.63) is 65.7 Å². The summed E-state index contributed by atoms with van der Waals surface area (Å²) in [7, 11) is 0. The Balaban J connectivity index is 1.61. The van der Waals surface area contributed by atoms with Gasteiger partial charge in [-0.1, -0.05) is 44.2 Å². The molecule has 1 aliphatic rings. The molecule has 0 saturated carbocycles. The number of hydrogen-bond acceptors (Lipinski definition) is 2. The van der Waals surface area contributed by atoms with Gasteiger partial charge in [0.05, 0.1) is 6.20 Å². The highest BCUT2D eigenvalue weighted by molar-refractivity contribution is 5.78. The van der Waals surface area contributed by atoms with Crippen LogP contribution >= 0.6 is 0 Å². The average molecular weight is 326 g/mol. The molecule has 1 aromatic carbocycles. The molecule has 0 bridgehead atoms. The summed E-state index contributed by atoms with van der Waals surface area (Å²) in [6.07, 6.45) is 3.72. The van der Waals surface area contributed by atoms with Gasteiger partial charge in [-0.3, -0.25) is 9.78 Å². The molecule has 126 valence electrons. The van der Waals surface area contributed by atoms with E-state index in [9.17, 15) is 9.18 Å². The lowest BCUT2D eigenvalue weighted by Gasteiger charge is -2.53. The first-order valence-corrected chi connectivity index (χ1v) is 8.44. The molecular formula is C20H23FN2O. The summed E-state index contributed by atoms with van der Waals surface area (Å²) in [4.78, 5) is 18.2. The fourth-order valence-electron chi connectivity index (χ4n) is 3.46. The van der Waals surface area contributed by atoms with Gasteiger partial charge in [-0.2, -0.15) is 0 Å². The lowest BCUT2D eigenvalue weighted by atomic mass is 9.66. The number of carbonyl (C=O) groups excluding carboxylic acids is 1. The number of nitrogens with zero attached hydrogens (tertiary/aromatic N) is 2. The number of carbonyl (C=O) groups is 1. The van der Waals surface area contributed by atoms with Gasteiger partial charge in [0.2, 0.25) is 5.91 Å². The zero-order valence-electron chi connectivity index (χ0n) is 14.2. The third-order valence-electron chi connectivity index (χ3n) is 5.14. The molecule has 0 unspecified atom stereocenters. The van der Waals surface area contributed by atoms with Crippen molar-refractivity contribution in [3.63, 3.8) is 0 Å². The van der Waals surface area contributed by atoms with Gasteiger partial charge in [-0.25, -0.2) is 4.39 Å². The molecule has 2 heterocycles. The lowest BCUT2D eigenvalue weighted by molar-refractivity contribution is -0.140. The van der Waals surface area contributed by atoms with Crippen LogP contribution in [0.25, 0.3) is 0 Å². The Kier molecular flexibility index (Phi) is 4.65. The fraction of sp³-hybridized carbons (Fsp3) is 0.400. The van der Waals surface area contributed by atoms with Crippen LogP contribution in [0.3, 0.4) is 0 Å². The van der Waals surface area contributed by atoms with E-state index < -0.39 is 0 Å². The lowest BCUT2D eigenvalue weighted by Crippen LogP contribution is -2.63. The Bertz CT molecular complexity index is 709. The van der Waals surface area contributed by atoms with Crippen LogP contribution in [0.4, 0.5) is 4.39 Å². The van der Waals surface area contributed by atoms with E-state index in [0.29, 0.717) is 18.8 Å². The van der Waals surface area contributed by atoms with Crippen molar-refractivity contribution in [2.24, 2.45) is 5.92 Å². The monoisotopic (exact) mass is 326 g/mol. The summed E-state index contributed by atoms with van der Waals surface area (Å²) in [5.74, 6) is 0.245. The molecule has 24 heavy (non-hydrogen) atoms. The number of aromatic nitrogens is 1. The molecule has 0 spiro atoms. The number of likely N-dealkylation sites (tertiary alicyclic amines) is 1. The van der Waals surface area contributed by atoms with Gasteiger partial charge in [0, 0.05) is 31.1 Å². The third-order valence-corrected chi connectivity index (χ3v) is 5.14. The minimum absolute atomic E-state index is 0.0529. The second kappa shape index (κ2) is 6.71. The van der Waals surface area contributed by atoms with Crippen LogP contribution < -0.4 is 0 Å². The first-order valence-electron chi connectivity index (χ1n) is 8.44. The molecule has 1 aromatic heterocycles. The van der Waals surface area contributed by atoms with Crippen LogP contribution in [0.2, 0.25) is 0 Å². The molecule has 1 saturated heterocycles. The molecule has 1 aliphatic heterocycles. The van der Waals surface area contributed by atoms with Gasteiger partial charge >= 0.3 is 0 Å². The smallest absolute Gasteiger partial charge is 0.222 e. The number of rotatable bonds is 5. The molecule has 2 aromatic rings. The first-order chi connectivity index (χ1) is 11.5. The quantitative estimate of drug-likeness (QED) is 0.841. The molecule has 3 rings (SSSR count). The van der Waals surface area contributed by atoms with E-state index in [4.69, 9.17) is 0 Å². The summed E-state index contributed by atoms with van der Waals surface area (Å²) in [5, 5.41) is 0. The Morgan fingerprint density at radius 2 is 1.96 bits per heavy atom. The first kappa shape index (κ1) is 16.6. The number of hydrogen-bond donors (Lipinski definition) is 0. The van der Waals surface area contributed by atoms with Crippen molar-refractivity contribution in [1.82, 2.24) is 9.88 Å². The minimum Gasteiger partial charge on any atom is -0.341 e. The summed E-state index contributed by atoms with van der Waals surface area (Å²) >= 11 is 0. The third kappa shape index (κ3) is 3.18. The van der Waals surface area contributed by atoms with Gasteiger partial charge in [-0.15, -0.1) is 0 Å². The molecule has 0 atom stereocenters. The highest BCUT2D eigenvalue weighted by atomic mass is 19.1. The Labute approximate surface area is 142 Å². The molecule has 0 aliphatic carbocycles. The van der Waals surface area contributed by atoms with E-state index in [2.05, 4.69) is 43.1 Å². The second-order valence-corrected chi connectivity index (χ2v) is 6.94. The molecule has 3 nitrogen and oxygen atoms in total. The highest BCUT2D eigenvalue weighted by Gasteiger charge is 2.48. The van der Waals surface area contributed by atoms with Gasteiger partial charge < -0.3 is 4.90 Å². The number of benzene rings is 1. The molecule has 4 heteroatoms. The number of pyridine rings is 1. The predicted molar refractivity (Wildman–Crippen MR) is 92.1 cm³/mol. The zero-order valence-corrected chi connectivity index (χ0v) is 14.2. The maximum Gasteiger partial charge on any atom is 0.222 e. The van der Waals surface area contributed by atoms with E-state index in [0.717, 1.165) is 18.7 Å². The van der Waals surface area contributed by atoms with Crippen molar-refractivity contribution in [1.29, 1.82) is 0 Å². The van der Waals surface area contributed by atoms with Crippen LogP contribution in [0.1, 0.15) is 31.4 Å². The zero-order chi connectivity index (χ0) is 17.2. The van der Waals surface area contributed by atoms with E-state index in [1.54, 1.807) is 6.20 Å². The normalized spacial score (nSPS) is 16.1. The van der Waals surface area contributed by atoms with Crippen molar-refractivity contribution in [3.8, 4) is 0 Å². The van der Waals surface area contributed by atoms with Crippen LogP contribution in [0.15, 0.2) is 48.8 Å². The van der Waals surface area contributed by atoms with Crippen LogP contribution in [0.5, 0.6) is 0 Å². The topological polar surface area (TPSA) is 33.2 Å². The average Bonchev–Trinajstić information content (AvgIpc) is 2.53.